The van der Waals surface area contributed by atoms with E-state index in [-0.39, 0.29) is 18.3 Å². The molecule has 29 heavy (non-hydrogen) atoms. The van der Waals surface area contributed by atoms with Crippen LogP contribution in [0.2, 0.25) is 5.02 Å². The first-order chi connectivity index (χ1) is 13.8. The quantitative estimate of drug-likeness (QED) is 0.692. The lowest BCUT2D eigenvalue weighted by Gasteiger charge is -2.13. The smallest absolute Gasteiger partial charge is 0.348 e. The van der Waals surface area contributed by atoms with Gasteiger partial charge in [0.15, 0.2) is 0 Å². The summed E-state index contributed by atoms with van der Waals surface area (Å²) >= 11 is 6.16. The third-order valence-electron chi connectivity index (χ3n) is 4.05. The van der Waals surface area contributed by atoms with Crippen LogP contribution in [-0.2, 0) is 6.54 Å². The Balaban J connectivity index is 2.23. The standard InChI is InChI=1S/C20H18ClFN4O3/c1-12(2)23-18(27)17-19(28)25(11-13-5-3-4-6-16(13)21)20(29)26(24-17)15-9-7-14(22)8-10-15/h3-10,12H,11H2,1-2H3,(H,23,27). The predicted octanol–water partition coefficient (Wildman–Crippen LogP) is 2.37. The van der Waals surface area contributed by atoms with Crippen LogP contribution in [0.15, 0.2) is 58.1 Å². The number of carbonyl (C=O) groups is 1. The molecule has 0 saturated carbocycles. The molecule has 3 rings (SSSR count). The molecule has 0 aliphatic carbocycles. The van der Waals surface area contributed by atoms with E-state index >= 15 is 0 Å². The summed E-state index contributed by atoms with van der Waals surface area (Å²) in [5.74, 6) is -1.21. The molecule has 1 heterocycles. The molecular weight excluding hydrogens is 399 g/mol. The Kier molecular flexibility index (Phi) is 5.93. The van der Waals surface area contributed by atoms with Gasteiger partial charge in [0, 0.05) is 11.1 Å². The minimum atomic E-state index is -0.841. The van der Waals surface area contributed by atoms with Crippen LogP contribution in [0.3, 0.4) is 0 Å². The zero-order valence-corrected chi connectivity index (χ0v) is 16.5. The van der Waals surface area contributed by atoms with Crippen LogP contribution in [0, 0.1) is 5.82 Å². The average Bonchev–Trinajstić information content (AvgIpc) is 2.67. The zero-order chi connectivity index (χ0) is 21.1. The topological polar surface area (TPSA) is 86.0 Å². The number of amides is 1. The lowest BCUT2D eigenvalue weighted by molar-refractivity contribution is 0.0933. The highest BCUT2D eigenvalue weighted by atomic mass is 35.5. The van der Waals surface area contributed by atoms with Crippen LogP contribution >= 0.6 is 11.6 Å². The maximum absolute atomic E-state index is 13.3. The van der Waals surface area contributed by atoms with Crippen LogP contribution < -0.4 is 16.6 Å². The van der Waals surface area contributed by atoms with Gasteiger partial charge in [-0.2, -0.15) is 9.78 Å². The maximum atomic E-state index is 13.3. The number of benzene rings is 2. The highest BCUT2D eigenvalue weighted by Crippen LogP contribution is 2.15. The summed E-state index contributed by atoms with van der Waals surface area (Å²) in [6.45, 7) is 3.31. The van der Waals surface area contributed by atoms with Crippen molar-refractivity contribution in [1.29, 1.82) is 0 Å². The van der Waals surface area contributed by atoms with Crippen LogP contribution in [0.1, 0.15) is 29.9 Å². The van der Waals surface area contributed by atoms with Crippen molar-refractivity contribution >= 4 is 17.5 Å². The van der Waals surface area contributed by atoms with E-state index in [1.165, 1.54) is 12.1 Å². The number of aromatic nitrogens is 3. The minimum Gasteiger partial charge on any atom is -0.348 e. The van der Waals surface area contributed by atoms with Gasteiger partial charge in [0.1, 0.15) is 5.82 Å². The maximum Gasteiger partial charge on any atom is 0.352 e. The van der Waals surface area contributed by atoms with E-state index in [1.807, 2.05) is 0 Å². The fourth-order valence-corrected chi connectivity index (χ4v) is 2.87. The van der Waals surface area contributed by atoms with E-state index in [2.05, 4.69) is 10.4 Å². The molecule has 3 aromatic rings. The van der Waals surface area contributed by atoms with Crippen molar-refractivity contribution in [3.05, 3.63) is 91.5 Å². The molecule has 0 unspecified atom stereocenters. The van der Waals surface area contributed by atoms with Gasteiger partial charge in [-0.3, -0.25) is 14.2 Å². The van der Waals surface area contributed by atoms with Crippen molar-refractivity contribution in [3.63, 3.8) is 0 Å². The first-order valence-electron chi connectivity index (χ1n) is 8.82. The lowest BCUT2D eigenvalue weighted by atomic mass is 10.2. The van der Waals surface area contributed by atoms with Gasteiger partial charge in [0.2, 0.25) is 5.69 Å². The molecule has 0 aliphatic rings. The molecule has 1 amide bonds. The van der Waals surface area contributed by atoms with Crippen LogP contribution in [0.4, 0.5) is 4.39 Å². The molecular formula is C20H18ClFN4O3. The largest absolute Gasteiger partial charge is 0.352 e. The Morgan fingerprint density at radius 3 is 2.41 bits per heavy atom. The van der Waals surface area contributed by atoms with Gasteiger partial charge in [-0.1, -0.05) is 29.8 Å². The van der Waals surface area contributed by atoms with Crippen LogP contribution in [0.25, 0.3) is 5.69 Å². The molecule has 0 aliphatic heterocycles. The van der Waals surface area contributed by atoms with E-state index in [1.54, 1.807) is 38.1 Å². The summed E-state index contributed by atoms with van der Waals surface area (Å²) in [6, 6.07) is 11.5. The number of hydrogen-bond donors (Lipinski definition) is 1. The average molecular weight is 417 g/mol. The highest BCUT2D eigenvalue weighted by molar-refractivity contribution is 6.31. The van der Waals surface area contributed by atoms with E-state index in [9.17, 15) is 18.8 Å². The number of rotatable bonds is 5. The van der Waals surface area contributed by atoms with Crippen molar-refractivity contribution in [2.24, 2.45) is 0 Å². The monoisotopic (exact) mass is 416 g/mol. The molecule has 0 fully saturated rings. The summed E-state index contributed by atoms with van der Waals surface area (Å²) in [5, 5.41) is 6.92. The summed E-state index contributed by atoms with van der Waals surface area (Å²) in [5.41, 5.74) is -1.33. The van der Waals surface area contributed by atoms with Gasteiger partial charge in [0.05, 0.1) is 12.2 Å². The fraction of sp³-hybridized carbons (Fsp3) is 0.200. The molecule has 0 saturated heterocycles. The van der Waals surface area contributed by atoms with Crippen molar-refractivity contribution in [3.8, 4) is 5.69 Å². The second kappa shape index (κ2) is 8.40. The Morgan fingerprint density at radius 2 is 1.79 bits per heavy atom. The minimum absolute atomic E-state index is 0.150. The molecule has 7 nitrogen and oxygen atoms in total. The Labute approximate surface area is 170 Å². The Bertz CT molecular complexity index is 1170. The van der Waals surface area contributed by atoms with Crippen molar-refractivity contribution in [2.45, 2.75) is 26.4 Å². The van der Waals surface area contributed by atoms with Gasteiger partial charge in [-0.05, 0) is 49.7 Å². The van der Waals surface area contributed by atoms with E-state index in [0.29, 0.717) is 10.6 Å². The molecule has 9 heteroatoms. The summed E-state index contributed by atoms with van der Waals surface area (Å²) < 4.78 is 15.1. The van der Waals surface area contributed by atoms with E-state index < -0.39 is 28.7 Å². The number of carbonyl (C=O) groups excluding carboxylic acids is 1. The SMILES string of the molecule is CC(C)NC(=O)c1nn(-c2ccc(F)cc2)c(=O)n(Cc2ccccc2Cl)c1=O. The normalized spacial score (nSPS) is 10.9. The molecule has 2 aromatic carbocycles. The Morgan fingerprint density at radius 1 is 1.14 bits per heavy atom. The first-order valence-corrected chi connectivity index (χ1v) is 9.20. The van der Waals surface area contributed by atoms with Crippen LogP contribution in [-0.4, -0.2) is 26.3 Å². The second-order valence-corrected chi connectivity index (χ2v) is 7.04. The molecule has 0 bridgehead atoms. The van der Waals surface area contributed by atoms with Crippen molar-refractivity contribution < 1.29 is 9.18 Å². The van der Waals surface area contributed by atoms with Crippen LogP contribution in [0.5, 0.6) is 0 Å². The number of halogens is 2. The third kappa shape index (κ3) is 4.43. The van der Waals surface area contributed by atoms with Gasteiger partial charge in [-0.25, -0.2) is 9.18 Å². The van der Waals surface area contributed by atoms with Crippen molar-refractivity contribution in [1.82, 2.24) is 19.7 Å². The number of hydrogen-bond acceptors (Lipinski definition) is 4. The fourth-order valence-electron chi connectivity index (χ4n) is 2.67. The lowest BCUT2D eigenvalue weighted by Crippen LogP contribution is -2.46. The molecule has 1 aromatic heterocycles. The molecule has 150 valence electrons. The van der Waals surface area contributed by atoms with Gasteiger partial charge < -0.3 is 5.32 Å². The van der Waals surface area contributed by atoms with E-state index in [4.69, 9.17) is 11.6 Å². The van der Waals surface area contributed by atoms with Gasteiger partial charge in [-0.15, -0.1) is 0 Å². The third-order valence-corrected chi connectivity index (χ3v) is 4.42. The molecule has 0 spiro atoms. The molecule has 1 N–H and O–H groups in total. The Hall–Kier alpha value is -3.26. The van der Waals surface area contributed by atoms with E-state index in [0.717, 1.165) is 21.4 Å². The van der Waals surface area contributed by atoms with Gasteiger partial charge in [0.25, 0.3) is 11.5 Å². The second-order valence-electron chi connectivity index (χ2n) is 6.63. The summed E-state index contributed by atoms with van der Waals surface area (Å²) in [4.78, 5) is 38.4. The highest BCUT2D eigenvalue weighted by Gasteiger charge is 2.21. The van der Waals surface area contributed by atoms with Crippen molar-refractivity contribution in [2.75, 3.05) is 0 Å². The first kappa shape index (κ1) is 20.5. The zero-order valence-electron chi connectivity index (χ0n) is 15.7. The number of nitrogens with one attached hydrogen (secondary N) is 1. The number of nitrogens with zero attached hydrogens (tertiary/aromatic N) is 3. The molecule has 0 atom stereocenters. The molecule has 0 radical (unpaired) electrons. The summed E-state index contributed by atoms with van der Waals surface area (Å²) in [6.07, 6.45) is 0. The summed E-state index contributed by atoms with van der Waals surface area (Å²) in [7, 11) is 0. The van der Waals surface area contributed by atoms with Gasteiger partial charge >= 0.3 is 5.69 Å². The predicted molar refractivity (Wildman–Crippen MR) is 107 cm³/mol.